The molecule has 0 bridgehead atoms. The Labute approximate surface area is 203 Å². The minimum atomic E-state index is -0.549. The molecule has 0 saturated heterocycles. The van der Waals surface area contributed by atoms with E-state index in [1.54, 1.807) is 30.7 Å². The maximum Gasteiger partial charge on any atom is 0.333 e. The van der Waals surface area contributed by atoms with Gasteiger partial charge in [0.05, 0.1) is 28.5 Å². The molecule has 0 fully saturated rings. The van der Waals surface area contributed by atoms with Crippen molar-refractivity contribution in [1.82, 2.24) is 19.7 Å². The van der Waals surface area contributed by atoms with Gasteiger partial charge in [-0.05, 0) is 36.2 Å². The summed E-state index contributed by atoms with van der Waals surface area (Å²) in [6.45, 7) is 1.85. The summed E-state index contributed by atoms with van der Waals surface area (Å²) < 4.78 is 6.25. The SMILES string of the molecule is Cc1nocc1-c1cccc(Cl)c1-c1ccc2c(=O)n(-c3cncc4ccccc34)c(=O)[nH]c2c1. The average Bonchev–Trinajstić information content (AvgIpc) is 3.29. The van der Waals surface area contributed by atoms with Crippen molar-refractivity contribution in [2.24, 2.45) is 0 Å². The molecule has 3 heterocycles. The Morgan fingerprint density at radius 2 is 1.80 bits per heavy atom. The second-order valence-electron chi connectivity index (χ2n) is 8.19. The molecule has 0 radical (unpaired) electrons. The van der Waals surface area contributed by atoms with Crippen LogP contribution >= 0.6 is 11.6 Å². The standard InChI is InChI=1S/C27H17ClN4O3/c1-15-21(14-35-31-15)19-7-4-8-22(28)25(19)16-9-10-20-23(11-16)30-27(34)32(26(20)33)24-13-29-12-17-5-2-3-6-18(17)24/h2-14H,1H3,(H,30,34). The molecule has 7 nitrogen and oxygen atoms in total. The Balaban J connectivity index is 1.58. The van der Waals surface area contributed by atoms with Crippen molar-refractivity contribution in [3.8, 4) is 27.9 Å². The van der Waals surface area contributed by atoms with Crippen molar-refractivity contribution in [2.45, 2.75) is 6.92 Å². The number of aromatic amines is 1. The molecule has 0 aliphatic heterocycles. The van der Waals surface area contributed by atoms with E-state index < -0.39 is 11.2 Å². The summed E-state index contributed by atoms with van der Waals surface area (Å²) in [4.78, 5) is 33.7. The van der Waals surface area contributed by atoms with Gasteiger partial charge in [0, 0.05) is 33.1 Å². The quantitative estimate of drug-likeness (QED) is 0.360. The van der Waals surface area contributed by atoms with Crippen LogP contribution in [-0.4, -0.2) is 19.7 Å². The highest BCUT2D eigenvalue weighted by atomic mass is 35.5. The molecule has 3 aromatic carbocycles. The fourth-order valence-corrected chi connectivity index (χ4v) is 4.75. The number of halogens is 1. The fourth-order valence-electron chi connectivity index (χ4n) is 4.46. The first-order valence-corrected chi connectivity index (χ1v) is 11.2. The van der Waals surface area contributed by atoms with Gasteiger partial charge in [-0.2, -0.15) is 0 Å². The zero-order valence-corrected chi connectivity index (χ0v) is 19.2. The zero-order chi connectivity index (χ0) is 24.1. The maximum atomic E-state index is 13.5. The van der Waals surface area contributed by atoms with Gasteiger partial charge in [0.15, 0.2) is 0 Å². The van der Waals surface area contributed by atoms with Crippen molar-refractivity contribution in [3.63, 3.8) is 0 Å². The number of fused-ring (bicyclic) bond motifs is 2. The van der Waals surface area contributed by atoms with Crippen LogP contribution in [0.4, 0.5) is 0 Å². The highest BCUT2D eigenvalue weighted by Gasteiger charge is 2.18. The topological polar surface area (TPSA) is 93.8 Å². The van der Waals surface area contributed by atoms with E-state index in [1.165, 1.54) is 6.20 Å². The Bertz CT molecular complexity index is 1880. The summed E-state index contributed by atoms with van der Waals surface area (Å²) in [5.41, 5.74) is 3.75. The number of hydrogen-bond donors (Lipinski definition) is 1. The zero-order valence-electron chi connectivity index (χ0n) is 18.4. The predicted molar refractivity (Wildman–Crippen MR) is 136 cm³/mol. The van der Waals surface area contributed by atoms with Gasteiger partial charge >= 0.3 is 5.69 Å². The monoisotopic (exact) mass is 480 g/mol. The minimum Gasteiger partial charge on any atom is -0.364 e. The summed E-state index contributed by atoms with van der Waals surface area (Å²) in [7, 11) is 0. The lowest BCUT2D eigenvalue weighted by Gasteiger charge is -2.13. The van der Waals surface area contributed by atoms with E-state index in [0.29, 0.717) is 21.6 Å². The Kier molecular flexibility index (Phi) is 4.86. The molecule has 8 heteroatoms. The fraction of sp³-hybridized carbons (Fsp3) is 0.0370. The van der Waals surface area contributed by atoms with Crippen LogP contribution in [0.2, 0.25) is 5.02 Å². The summed E-state index contributed by atoms with van der Waals surface area (Å²) in [5, 5.41) is 6.47. The van der Waals surface area contributed by atoms with Gasteiger partial charge in [-0.3, -0.25) is 9.78 Å². The highest BCUT2D eigenvalue weighted by molar-refractivity contribution is 6.34. The van der Waals surface area contributed by atoms with E-state index >= 15 is 0 Å². The van der Waals surface area contributed by atoms with Gasteiger partial charge in [0.1, 0.15) is 6.26 Å². The van der Waals surface area contributed by atoms with Crippen LogP contribution < -0.4 is 11.2 Å². The molecule has 0 amide bonds. The number of rotatable bonds is 3. The first kappa shape index (κ1) is 21.1. The molecule has 170 valence electrons. The average molecular weight is 481 g/mol. The summed E-state index contributed by atoms with van der Waals surface area (Å²) in [6.07, 6.45) is 4.80. The van der Waals surface area contributed by atoms with Crippen LogP contribution in [0.15, 0.2) is 93.4 Å². The molecule has 35 heavy (non-hydrogen) atoms. The number of aromatic nitrogens is 4. The van der Waals surface area contributed by atoms with Crippen LogP contribution in [0.3, 0.4) is 0 Å². The van der Waals surface area contributed by atoms with Crippen molar-refractivity contribution in [2.75, 3.05) is 0 Å². The molecule has 0 aliphatic carbocycles. The van der Waals surface area contributed by atoms with Crippen LogP contribution in [0.5, 0.6) is 0 Å². The van der Waals surface area contributed by atoms with Crippen LogP contribution in [-0.2, 0) is 0 Å². The molecule has 0 saturated carbocycles. The number of hydrogen-bond acceptors (Lipinski definition) is 5. The molecule has 0 aliphatic rings. The van der Waals surface area contributed by atoms with Crippen molar-refractivity contribution in [1.29, 1.82) is 0 Å². The molecular formula is C27H17ClN4O3. The van der Waals surface area contributed by atoms with Gasteiger partial charge < -0.3 is 9.51 Å². The van der Waals surface area contributed by atoms with Gasteiger partial charge in [-0.15, -0.1) is 0 Å². The van der Waals surface area contributed by atoms with E-state index in [1.807, 2.05) is 49.4 Å². The molecule has 1 N–H and O–H groups in total. The summed E-state index contributed by atoms with van der Waals surface area (Å²) in [6, 6.07) is 18.3. The second-order valence-corrected chi connectivity index (χ2v) is 8.59. The van der Waals surface area contributed by atoms with Crippen LogP contribution in [0, 0.1) is 6.92 Å². The van der Waals surface area contributed by atoms with Crippen LogP contribution in [0.25, 0.3) is 49.6 Å². The molecule has 6 rings (SSSR count). The first-order valence-electron chi connectivity index (χ1n) is 10.9. The Hall–Kier alpha value is -4.49. The lowest BCUT2D eigenvalue weighted by molar-refractivity contribution is 0.415. The van der Waals surface area contributed by atoms with Gasteiger partial charge in [0.2, 0.25) is 0 Å². The molecular weight excluding hydrogens is 464 g/mol. The smallest absolute Gasteiger partial charge is 0.333 e. The van der Waals surface area contributed by atoms with Crippen LogP contribution in [0.1, 0.15) is 5.69 Å². The Morgan fingerprint density at radius 3 is 2.63 bits per heavy atom. The molecule has 0 spiro atoms. The van der Waals surface area contributed by atoms with Gasteiger partial charge in [-0.25, -0.2) is 9.36 Å². The van der Waals surface area contributed by atoms with Crippen molar-refractivity contribution in [3.05, 3.63) is 111 Å². The normalized spacial score (nSPS) is 11.4. The molecule has 3 aromatic heterocycles. The largest absolute Gasteiger partial charge is 0.364 e. The van der Waals surface area contributed by atoms with E-state index in [4.69, 9.17) is 16.1 Å². The number of nitrogens with zero attached hydrogens (tertiary/aromatic N) is 3. The van der Waals surface area contributed by atoms with E-state index in [2.05, 4.69) is 15.1 Å². The molecule has 0 unspecified atom stereocenters. The van der Waals surface area contributed by atoms with Gasteiger partial charge in [-0.1, -0.05) is 59.2 Å². The molecule has 6 aromatic rings. The first-order chi connectivity index (χ1) is 17.0. The maximum absolute atomic E-state index is 13.5. The van der Waals surface area contributed by atoms with E-state index in [-0.39, 0.29) is 0 Å². The number of H-pyrrole nitrogens is 1. The number of aryl methyl sites for hydroxylation is 1. The highest BCUT2D eigenvalue weighted by Crippen LogP contribution is 2.39. The summed E-state index contributed by atoms with van der Waals surface area (Å²) in [5.74, 6) is 0. The summed E-state index contributed by atoms with van der Waals surface area (Å²) >= 11 is 6.61. The van der Waals surface area contributed by atoms with Gasteiger partial charge in [0.25, 0.3) is 5.56 Å². The number of nitrogens with one attached hydrogen (secondary N) is 1. The third-order valence-corrected chi connectivity index (χ3v) is 6.44. The number of benzene rings is 3. The second kappa shape index (κ2) is 8.07. The third-order valence-electron chi connectivity index (χ3n) is 6.13. The van der Waals surface area contributed by atoms with E-state index in [0.717, 1.165) is 43.3 Å². The number of pyridine rings is 1. The van der Waals surface area contributed by atoms with Crippen molar-refractivity contribution < 1.29 is 4.52 Å². The minimum absolute atomic E-state index is 0.371. The van der Waals surface area contributed by atoms with Crippen molar-refractivity contribution >= 4 is 33.3 Å². The Morgan fingerprint density at radius 1 is 0.943 bits per heavy atom. The lowest BCUT2D eigenvalue weighted by atomic mass is 9.94. The lowest BCUT2D eigenvalue weighted by Crippen LogP contribution is -2.33. The third kappa shape index (κ3) is 3.36. The van der Waals surface area contributed by atoms with E-state index in [9.17, 15) is 9.59 Å². The predicted octanol–water partition coefficient (Wildman–Crippen LogP) is 5.51. The molecule has 0 atom stereocenters.